The first-order valence-corrected chi connectivity index (χ1v) is 6.16. The summed E-state index contributed by atoms with van der Waals surface area (Å²) >= 11 is 0. The molecule has 1 saturated heterocycles. The molecule has 96 valence electrons. The van der Waals surface area contributed by atoms with Gasteiger partial charge in [-0.2, -0.15) is 0 Å². The van der Waals surface area contributed by atoms with E-state index in [0.29, 0.717) is 19.6 Å². The molecule has 0 unspecified atom stereocenters. The molecule has 0 aliphatic carbocycles. The second-order valence-electron chi connectivity index (χ2n) is 5.73. The Hall–Kier alpha value is -1.39. The number of amides is 1. The molecule has 0 bridgehead atoms. The summed E-state index contributed by atoms with van der Waals surface area (Å²) in [6.07, 6.45) is 0.423. The Bertz CT molecular complexity index is 512. The van der Waals surface area contributed by atoms with Crippen LogP contribution in [0.5, 0.6) is 0 Å². The lowest BCUT2D eigenvalue weighted by atomic mass is 9.67. The van der Waals surface area contributed by atoms with Crippen LogP contribution < -0.4 is 5.32 Å². The number of carbonyl (C=O) groups excluding carboxylic acids is 1. The molecule has 0 atom stereocenters. The van der Waals surface area contributed by atoms with Crippen LogP contribution in [0.4, 0.5) is 5.69 Å². The van der Waals surface area contributed by atoms with Crippen LogP contribution in [0.15, 0.2) is 18.2 Å². The largest absolute Gasteiger partial charge is 0.389 e. The molecule has 0 spiro atoms. The lowest BCUT2D eigenvalue weighted by Gasteiger charge is -2.50. The van der Waals surface area contributed by atoms with Crippen LogP contribution in [-0.2, 0) is 21.4 Å². The smallest absolute Gasteiger partial charge is 0.228 e. The van der Waals surface area contributed by atoms with E-state index in [4.69, 9.17) is 4.74 Å². The van der Waals surface area contributed by atoms with Crippen LogP contribution in [0.2, 0.25) is 0 Å². The molecule has 1 amide bonds. The van der Waals surface area contributed by atoms with Crippen LogP contribution in [0.1, 0.15) is 25.0 Å². The lowest BCUT2D eigenvalue weighted by molar-refractivity contribution is -0.157. The summed E-state index contributed by atoms with van der Waals surface area (Å²) in [5, 5.41) is 13.2. The first-order valence-electron chi connectivity index (χ1n) is 6.16. The van der Waals surface area contributed by atoms with Crippen LogP contribution >= 0.6 is 0 Å². The Kier molecular flexibility index (Phi) is 2.31. The summed E-state index contributed by atoms with van der Waals surface area (Å²) in [5.41, 5.74) is 1.75. The molecular formula is C14H17NO3. The molecule has 2 heterocycles. The van der Waals surface area contributed by atoms with E-state index in [1.54, 1.807) is 0 Å². The molecule has 4 nitrogen and oxygen atoms in total. The van der Waals surface area contributed by atoms with Crippen molar-refractivity contribution in [3.8, 4) is 0 Å². The van der Waals surface area contributed by atoms with Crippen molar-refractivity contribution >= 4 is 11.6 Å². The third kappa shape index (κ3) is 1.49. The Morgan fingerprint density at radius 2 is 2.11 bits per heavy atom. The zero-order valence-electron chi connectivity index (χ0n) is 10.6. The van der Waals surface area contributed by atoms with Gasteiger partial charge in [0.15, 0.2) is 0 Å². The van der Waals surface area contributed by atoms with Crippen molar-refractivity contribution in [2.45, 2.75) is 31.3 Å². The van der Waals surface area contributed by atoms with E-state index in [1.807, 2.05) is 32.0 Å². The highest BCUT2D eigenvalue weighted by Gasteiger charge is 2.51. The van der Waals surface area contributed by atoms with Gasteiger partial charge >= 0.3 is 0 Å². The number of fused-ring (bicyclic) bond motifs is 1. The number of aliphatic hydroxyl groups is 1. The van der Waals surface area contributed by atoms with Gasteiger partial charge in [0.2, 0.25) is 5.91 Å². The van der Waals surface area contributed by atoms with Crippen LogP contribution in [0.25, 0.3) is 0 Å². The Morgan fingerprint density at radius 3 is 2.67 bits per heavy atom. The van der Waals surface area contributed by atoms with Gasteiger partial charge in [0, 0.05) is 5.69 Å². The highest BCUT2D eigenvalue weighted by Crippen LogP contribution is 2.43. The van der Waals surface area contributed by atoms with Crippen molar-refractivity contribution in [3.63, 3.8) is 0 Å². The fraction of sp³-hybridized carbons (Fsp3) is 0.500. The molecule has 1 fully saturated rings. The average Bonchev–Trinajstić information content (AvgIpc) is 2.52. The molecular weight excluding hydrogens is 230 g/mol. The van der Waals surface area contributed by atoms with Gasteiger partial charge in [0.25, 0.3) is 0 Å². The topological polar surface area (TPSA) is 58.6 Å². The molecule has 2 aliphatic rings. The molecule has 1 aromatic rings. The number of benzene rings is 1. The Balaban J connectivity index is 2.03. The predicted molar refractivity (Wildman–Crippen MR) is 67.6 cm³/mol. The molecule has 4 heteroatoms. The van der Waals surface area contributed by atoms with E-state index in [1.165, 1.54) is 0 Å². The monoisotopic (exact) mass is 247 g/mol. The van der Waals surface area contributed by atoms with Crippen molar-refractivity contribution in [3.05, 3.63) is 29.3 Å². The van der Waals surface area contributed by atoms with Crippen molar-refractivity contribution in [1.29, 1.82) is 0 Å². The Morgan fingerprint density at radius 1 is 1.39 bits per heavy atom. The minimum absolute atomic E-state index is 0.0318. The SMILES string of the molecule is CC(C)(O)C1(c2ccc3c(c2)CC(=O)N3)COC1. The minimum Gasteiger partial charge on any atom is -0.389 e. The van der Waals surface area contributed by atoms with E-state index in [9.17, 15) is 9.90 Å². The molecule has 2 N–H and O–H groups in total. The number of carbonyl (C=O) groups is 1. The zero-order valence-corrected chi connectivity index (χ0v) is 10.6. The van der Waals surface area contributed by atoms with Crippen molar-refractivity contribution in [2.75, 3.05) is 18.5 Å². The van der Waals surface area contributed by atoms with E-state index >= 15 is 0 Å². The first kappa shape index (κ1) is 11.7. The summed E-state index contributed by atoms with van der Waals surface area (Å²) in [7, 11) is 0. The summed E-state index contributed by atoms with van der Waals surface area (Å²) in [5.74, 6) is 0.0318. The first-order chi connectivity index (χ1) is 8.42. The van der Waals surface area contributed by atoms with E-state index in [2.05, 4.69) is 5.32 Å². The third-order valence-corrected chi connectivity index (χ3v) is 4.15. The van der Waals surface area contributed by atoms with Crippen LogP contribution in [0.3, 0.4) is 0 Å². The lowest BCUT2D eigenvalue weighted by Crippen LogP contribution is -2.60. The highest BCUT2D eigenvalue weighted by atomic mass is 16.5. The Labute approximate surface area is 106 Å². The number of nitrogens with one attached hydrogen (secondary N) is 1. The number of rotatable bonds is 2. The fourth-order valence-corrected chi connectivity index (χ4v) is 2.71. The standard InChI is InChI=1S/C14H17NO3/c1-13(2,17)14(7-18-8-14)10-3-4-11-9(5-10)6-12(16)15-11/h3-5,17H,6-8H2,1-2H3,(H,15,16). The van der Waals surface area contributed by atoms with Gasteiger partial charge in [-0.15, -0.1) is 0 Å². The molecule has 0 saturated carbocycles. The third-order valence-electron chi connectivity index (χ3n) is 4.15. The number of ether oxygens (including phenoxy) is 1. The maximum absolute atomic E-state index is 11.4. The maximum Gasteiger partial charge on any atom is 0.228 e. The quantitative estimate of drug-likeness (QED) is 0.826. The van der Waals surface area contributed by atoms with Gasteiger partial charge in [0.05, 0.1) is 30.7 Å². The summed E-state index contributed by atoms with van der Waals surface area (Å²) in [4.78, 5) is 11.4. The van der Waals surface area contributed by atoms with Gasteiger partial charge in [-0.25, -0.2) is 0 Å². The van der Waals surface area contributed by atoms with Crippen molar-refractivity contribution in [2.24, 2.45) is 0 Å². The molecule has 0 aromatic heterocycles. The van der Waals surface area contributed by atoms with Crippen LogP contribution in [0, 0.1) is 0 Å². The van der Waals surface area contributed by atoms with E-state index in [-0.39, 0.29) is 11.3 Å². The number of hydrogen-bond donors (Lipinski definition) is 2. The van der Waals surface area contributed by atoms with E-state index < -0.39 is 5.60 Å². The number of anilines is 1. The van der Waals surface area contributed by atoms with E-state index in [0.717, 1.165) is 16.8 Å². The number of hydrogen-bond acceptors (Lipinski definition) is 3. The summed E-state index contributed by atoms with van der Waals surface area (Å²) < 4.78 is 5.32. The molecule has 3 rings (SSSR count). The molecule has 1 aromatic carbocycles. The second-order valence-corrected chi connectivity index (χ2v) is 5.73. The summed E-state index contributed by atoms with van der Waals surface area (Å²) in [6, 6.07) is 5.92. The van der Waals surface area contributed by atoms with Crippen molar-refractivity contribution < 1.29 is 14.6 Å². The minimum atomic E-state index is -0.838. The zero-order chi connectivity index (χ0) is 13.0. The van der Waals surface area contributed by atoms with Gasteiger partial charge in [-0.05, 0) is 31.0 Å². The molecule has 0 radical (unpaired) electrons. The van der Waals surface area contributed by atoms with Crippen molar-refractivity contribution in [1.82, 2.24) is 0 Å². The maximum atomic E-state index is 11.4. The van der Waals surface area contributed by atoms with Gasteiger partial charge in [-0.1, -0.05) is 12.1 Å². The highest BCUT2D eigenvalue weighted by molar-refractivity contribution is 5.99. The second kappa shape index (κ2) is 3.56. The normalized spacial score (nSPS) is 21.2. The van der Waals surface area contributed by atoms with Gasteiger partial charge in [-0.3, -0.25) is 4.79 Å². The van der Waals surface area contributed by atoms with Gasteiger partial charge < -0.3 is 15.2 Å². The molecule has 2 aliphatic heterocycles. The van der Waals surface area contributed by atoms with Gasteiger partial charge in [0.1, 0.15) is 0 Å². The summed E-state index contributed by atoms with van der Waals surface area (Å²) in [6.45, 7) is 4.67. The fourth-order valence-electron chi connectivity index (χ4n) is 2.71. The molecule has 18 heavy (non-hydrogen) atoms. The van der Waals surface area contributed by atoms with Crippen LogP contribution in [-0.4, -0.2) is 29.8 Å². The predicted octanol–water partition coefficient (Wildman–Crippen LogP) is 1.22. The average molecular weight is 247 g/mol.